The van der Waals surface area contributed by atoms with Gasteiger partial charge >= 0.3 is 5.97 Å². The van der Waals surface area contributed by atoms with Crippen LogP contribution in [0, 0.1) is 0 Å². The Kier molecular flexibility index (Phi) is 5.36. The predicted octanol–water partition coefficient (Wildman–Crippen LogP) is 4.64. The molecule has 0 heterocycles. The molecule has 104 valence electrons. The highest BCUT2D eigenvalue weighted by Crippen LogP contribution is 2.24. The minimum absolute atomic E-state index is 0.424. The maximum absolute atomic E-state index is 11.4. The number of hydrogen-bond acceptors (Lipinski definition) is 1. The van der Waals surface area contributed by atoms with Crippen molar-refractivity contribution < 1.29 is 9.90 Å². The van der Waals surface area contributed by atoms with Crippen molar-refractivity contribution in [1.82, 2.24) is 0 Å². The zero-order chi connectivity index (χ0) is 14.4. The Hall–Kier alpha value is -1.61. The highest BCUT2D eigenvalue weighted by molar-refractivity contribution is 9.10. The highest BCUT2D eigenvalue weighted by Gasteiger charge is 2.19. The molecule has 0 saturated carbocycles. The van der Waals surface area contributed by atoms with Crippen molar-refractivity contribution in [3.63, 3.8) is 0 Å². The fourth-order valence-electron chi connectivity index (χ4n) is 2.28. The number of aliphatic carboxylic acids is 1. The van der Waals surface area contributed by atoms with E-state index in [0.29, 0.717) is 6.42 Å². The van der Waals surface area contributed by atoms with Gasteiger partial charge in [0, 0.05) is 4.47 Å². The molecular weight excluding hydrogens is 316 g/mol. The van der Waals surface area contributed by atoms with Gasteiger partial charge in [-0.3, -0.25) is 4.79 Å². The minimum Gasteiger partial charge on any atom is -0.481 e. The molecule has 1 N–H and O–H groups in total. The molecule has 0 aliphatic carbocycles. The lowest BCUT2D eigenvalue weighted by Gasteiger charge is -2.12. The van der Waals surface area contributed by atoms with Gasteiger partial charge in [-0.15, -0.1) is 0 Å². The lowest BCUT2D eigenvalue weighted by Crippen LogP contribution is -2.11. The van der Waals surface area contributed by atoms with Crippen LogP contribution in [-0.4, -0.2) is 11.1 Å². The van der Waals surface area contributed by atoms with E-state index in [1.165, 1.54) is 5.56 Å². The third-order valence-electron chi connectivity index (χ3n) is 3.37. The van der Waals surface area contributed by atoms with Crippen LogP contribution >= 0.6 is 15.9 Å². The van der Waals surface area contributed by atoms with Gasteiger partial charge in [0.15, 0.2) is 0 Å². The van der Waals surface area contributed by atoms with E-state index in [1.54, 1.807) is 0 Å². The van der Waals surface area contributed by atoms with Crippen molar-refractivity contribution in [2.75, 3.05) is 0 Å². The fraction of sp³-hybridized carbons (Fsp3) is 0.235. The summed E-state index contributed by atoms with van der Waals surface area (Å²) in [6, 6.07) is 17.7. The van der Waals surface area contributed by atoms with Gasteiger partial charge in [0.1, 0.15) is 0 Å². The van der Waals surface area contributed by atoms with E-state index >= 15 is 0 Å². The van der Waals surface area contributed by atoms with Crippen LogP contribution in [0.2, 0.25) is 0 Å². The molecule has 0 radical (unpaired) electrons. The first kappa shape index (κ1) is 14.8. The molecule has 0 spiro atoms. The Morgan fingerprint density at radius 3 is 2.30 bits per heavy atom. The summed E-state index contributed by atoms with van der Waals surface area (Å²) in [7, 11) is 0. The Labute approximate surface area is 127 Å². The van der Waals surface area contributed by atoms with E-state index in [-0.39, 0.29) is 0 Å². The van der Waals surface area contributed by atoms with Crippen LogP contribution in [0.4, 0.5) is 0 Å². The zero-order valence-corrected chi connectivity index (χ0v) is 12.7. The number of benzene rings is 2. The number of carboxylic acid groups (broad SMARTS) is 1. The molecule has 0 saturated heterocycles. The Morgan fingerprint density at radius 1 is 1.05 bits per heavy atom. The molecule has 1 unspecified atom stereocenters. The first-order valence-electron chi connectivity index (χ1n) is 6.69. The van der Waals surface area contributed by atoms with E-state index in [0.717, 1.165) is 22.9 Å². The van der Waals surface area contributed by atoms with Crippen LogP contribution in [0.3, 0.4) is 0 Å². The van der Waals surface area contributed by atoms with Gasteiger partial charge in [0.25, 0.3) is 0 Å². The van der Waals surface area contributed by atoms with Gasteiger partial charge in [0.05, 0.1) is 5.92 Å². The second-order valence-corrected chi connectivity index (χ2v) is 5.74. The smallest absolute Gasteiger partial charge is 0.310 e. The van der Waals surface area contributed by atoms with E-state index in [1.807, 2.05) is 42.5 Å². The second kappa shape index (κ2) is 7.25. The monoisotopic (exact) mass is 332 g/mol. The molecule has 2 rings (SSSR count). The lowest BCUT2D eigenvalue weighted by molar-refractivity contribution is -0.139. The predicted molar refractivity (Wildman–Crippen MR) is 83.9 cm³/mol. The van der Waals surface area contributed by atoms with Crippen LogP contribution in [0.5, 0.6) is 0 Å². The van der Waals surface area contributed by atoms with Crippen molar-refractivity contribution in [2.24, 2.45) is 0 Å². The van der Waals surface area contributed by atoms with E-state index in [2.05, 4.69) is 28.1 Å². The quantitative estimate of drug-likeness (QED) is 0.836. The number of aryl methyl sites for hydroxylation is 1. The first-order chi connectivity index (χ1) is 9.66. The molecule has 0 bridgehead atoms. The van der Waals surface area contributed by atoms with Crippen LogP contribution in [-0.2, 0) is 11.2 Å². The van der Waals surface area contributed by atoms with Gasteiger partial charge < -0.3 is 5.11 Å². The molecule has 1 atom stereocenters. The third kappa shape index (κ3) is 4.20. The summed E-state index contributed by atoms with van der Waals surface area (Å²) in [4.78, 5) is 11.4. The van der Waals surface area contributed by atoms with Gasteiger partial charge in [-0.2, -0.15) is 0 Å². The average molecular weight is 333 g/mol. The van der Waals surface area contributed by atoms with Crippen LogP contribution in [0.1, 0.15) is 29.9 Å². The third-order valence-corrected chi connectivity index (χ3v) is 3.90. The molecule has 2 aromatic carbocycles. The van der Waals surface area contributed by atoms with Crippen molar-refractivity contribution in [3.8, 4) is 0 Å². The van der Waals surface area contributed by atoms with Crippen molar-refractivity contribution in [2.45, 2.75) is 25.2 Å². The molecule has 20 heavy (non-hydrogen) atoms. The number of rotatable bonds is 6. The number of carboxylic acids is 1. The van der Waals surface area contributed by atoms with Gasteiger partial charge in [-0.05, 0) is 42.5 Å². The van der Waals surface area contributed by atoms with E-state index in [4.69, 9.17) is 0 Å². The van der Waals surface area contributed by atoms with E-state index < -0.39 is 11.9 Å². The van der Waals surface area contributed by atoms with Crippen LogP contribution < -0.4 is 0 Å². The molecule has 3 heteroatoms. The molecule has 0 aromatic heterocycles. The van der Waals surface area contributed by atoms with Gasteiger partial charge in [0.2, 0.25) is 0 Å². The summed E-state index contributed by atoms with van der Waals surface area (Å²) in [5.74, 6) is -1.17. The highest BCUT2D eigenvalue weighted by atomic mass is 79.9. The Bertz CT molecular complexity index is 549. The average Bonchev–Trinajstić information content (AvgIpc) is 2.46. The summed E-state index contributed by atoms with van der Waals surface area (Å²) in [6.45, 7) is 0. The second-order valence-electron chi connectivity index (χ2n) is 4.82. The van der Waals surface area contributed by atoms with Crippen molar-refractivity contribution >= 4 is 21.9 Å². The molecule has 2 aromatic rings. The largest absolute Gasteiger partial charge is 0.481 e. The summed E-state index contributed by atoms with van der Waals surface area (Å²) >= 11 is 3.37. The number of halogens is 1. The number of hydrogen-bond donors (Lipinski definition) is 1. The maximum Gasteiger partial charge on any atom is 0.310 e. The first-order valence-corrected chi connectivity index (χ1v) is 7.48. The summed E-state index contributed by atoms with van der Waals surface area (Å²) in [5.41, 5.74) is 2.13. The molecule has 0 aliphatic rings. The SMILES string of the molecule is O=C(O)C(CCCc1ccccc1)c1ccc(Br)cc1. The topological polar surface area (TPSA) is 37.3 Å². The minimum atomic E-state index is -0.750. The van der Waals surface area contributed by atoms with E-state index in [9.17, 15) is 9.90 Å². The van der Waals surface area contributed by atoms with Crippen molar-refractivity contribution in [3.05, 3.63) is 70.2 Å². The normalized spacial score (nSPS) is 12.1. The molecule has 0 aliphatic heterocycles. The zero-order valence-electron chi connectivity index (χ0n) is 11.1. The molecular formula is C17H17BrO2. The summed E-state index contributed by atoms with van der Waals surface area (Å²) in [6.07, 6.45) is 2.45. The molecule has 2 nitrogen and oxygen atoms in total. The standard InChI is InChI=1S/C17H17BrO2/c18-15-11-9-14(10-12-15)16(17(19)20)8-4-7-13-5-2-1-3-6-13/h1-3,5-6,9-12,16H,4,7-8H2,(H,19,20). The Morgan fingerprint density at radius 2 is 1.70 bits per heavy atom. The van der Waals surface area contributed by atoms with Gasteiger partial charge in [-0.25, -0.2) is 0 Å². The van der Waals surface area contributed by atoms with Crippen molar-refractivity contribution in [1.29, 1.82) is 0 Å². The van der Waals surface area contributed by atoms with Crippen LogP contribution in [0.15, 0.2) is 59.1 Å². The maximum atomic E-state index is 11.4. The fourth-order valence-corrected chi connectivity index (χ4v) is 2.55. The molecule has 0 amide bonds. The summed E-state index contributed by atoms with van der Waals surface area (Å²) < 4.78 is 0.967. The summed E-state index contributed by atoms with van der Waals surface area (Å²) in [5, 5.41) is 9.38. The van der Waals surface area contributed by atoms with Gasteiger partial charge in [-0.1, -0.05) is 58.4 Å². The van der Waals surface area contributed by atoms with Crippen LogP contribution in [0.25, 0.3) is 0 Å². The number of carbonyl (C=O) groups is 1. The Balaban J connectivity index is 1.96. The lowest BCUT2D eigenvalue weighted by atomic mass is 9.93. The molecule has 0 fully saturated rings.